The minimum absolute atomic E-state index is 0.154. The molecule has 1 aromatic heterocycles. The number of rotatable bonds is 7. The Bertz CT molecular complexity index is 278. The molecule has 1 atom stereocenters. The van der Waals surface area contributed by atoms with Gasteiger partial charge in [-0.2, -0.15) is 4.98 Å². The highest BCUT2D eigenvalue weighted by Crippen LogP contribution is 2.22. The summed E-state index contributed by atoms with van der Waals surface area (Å²) < 4.78 is 10.3. The van der Waals surface area contributed by atoms with E-state index in [0.29, 0.717) is 24.9 Å². The fourth-order valence-corrected chi connectivity index (χ4v) is 1.45. The molecule has 5 heteroatoms. The zero-order valence-corrected chi connectivity index (χ0v) is 9.96. The van der Waals surface area contributed by atoms with Gasteiger partial charge in [0.25, 0.3) is 5.89 Å². The number of ether oxygens (including phenoxy) is 1. The lowest BCUT2D eigenvalue weighted by molar-refractivity contribution is 0.0981. The van der Waals surface area contributed by atoms with Gasteiger partial charge in [-0.1, -0.05) is 25.4 Å². The summed E-state index contributed by atoms with van der Waals surface area (Å²) in [5, 5.41) is 3.66. The van der Waals surface area contributed by atoms with Crippen LogP contribution in [0.1, 0.15) is 50.2 Å². The summed E-state index contributed by atoms with van der Waals surface area (Å²) in [5.74, 6) is 1.06. The van der Waals surface area contributed by atoms with Gasteiger partial charge in [-0.3, -0.25) is 0 Å². The van der Waals surface area contributed by atoms with E-state index < -0.39 is 0 Å². The first-order valence-corrected chi connectivity index (χ1v) is 5.75. The SMILES string of the molecule is CCCOCc1nc(C(Cl)CCC)no1. The first-order valence-electron chi connectivity index (χ1n) is 5.32. The van der Waals surface area contributed by atoms with Crippen molar-refractivity contribution in [2.24, 2.45) is 0 Å². The van der Waals surface area contributed by atoms with Gasteiger partial charge in [0.1, 0.15) is 6.61 Å². The molecule has 4 nitrogen and oxygen atoms in total. The van der Waals surface area contributed by atoms with Crippen LogP contribution in [0.5, 0.6) is 0 Å². The molecule has 1 aromatic rings. The van der Waals surface area contributed by atoms with Crippen molar-refractivity contribution in [2.45, 2.75) is 45.1 Å². The molecule has 1 heterocycles. The number of hydrogen-bond donors (Lipinski definition) is 0. The summed E-state index contributed by atoms with van der Waals surface area (Å²) in [6.45, 7) is 5.20. The maximum Gasteiger partial charge on any atom is 0.252 e. The Balaban J connectivity index is 2.41. The second kappa shape index (κ2) is 6.80. The van der Waals surface area contributed by atoms with E-state index in [0.717, 1.165) is 19.3 Å². The van der Waals surface area contributed by atoms with E-state index in [4.69, 9.17) is 20.9 Å². The molecule has 1 rings (SSSR count). The van der Waals surface area contributed by atoms with Gasteiger partial charge >= 0.3 is 0 Å². The molecule has 0 saturated heterocycles. The minimum Gasteiger partial charge on any atom is -0.372 e. The number of hydrogen-bond acceptors (Lipinski definition) is 4. The third kappa shape index (κ3) is 4.18. The number of aromatic nitrogens is 2. The van der Waals surface area contributed by atoms with Gasteiger partial charge in [0.2, 0.25) is 0 Å². The van der Waals surface area contributed by atoms with Crippen LogP contribution in [0.15, 0.2) is 4.52 Å². The van der Waals surface area contributed by atoms with Crippen molar-refractivity contribution in [3.05, 3.63) is 11.7 Å². The molecule has 0 aliphatic heterocycles. The Kier molecular flexibility index (Phi) is 5.65. The monoisotopic (exact) mass is 232 g/mol. The van der Waals surface area contributed by atoms with E-state index in [2.05, 4.69) is 24.0 Å². The quantitative estimate of drug-likeness (QED) is 0.536. The van der Waals surface area contributed by atoms with E-state index in [1.54, 1.807) is 0 Å². The molecule has 0 fully saturated rings. The normalized spacial score (nSPS) is 13.0. The highest BCUT2D eigenvalue weighted by molar-refractivity contribution is 6.20. The molecule has 86 valence electrons. The Morgan fingerprint density at radius 2 is 2.20 bits per heavy atom. The molecule has 0 aromatic carbocycles. The predicted molar refractivity (Wildman–Crippen MR) is 57.7 cm³/mol. The van der Waals surface area contributed by atoms with Gasteiger partial charge in [-0.15, -0.1) is 11.6 Å². The van der Waals surface area contributed by atoms with E-state index in [9.17, 15) is 0 Å². The second-order valence-electron chi connectivity index (χ2n) is 3.36. The van der Waals surface area contributed by atoms with Crippen LogP contribution in [0.4, 0.5) is 0 Å². The van der Waals surface area contributed by atoms with Crippen LogP contribution in [0, 0.1) is 0 Å². The summed E-state index contributed by atoms with van der Waals surface area (Å²) >= 11 is 6.06. The average molecular weight is 233 g/mol. The summed E-state index contributed by atoms with van der Waals surface area (Å²) in [6, 6.07) is 0. The van der Waals surface area contributed by atoms with Crippen LogP contribution in [-0.4, -0.2) is 16.7 Å². The zero-order valence-electron chi connectivity index (χ0n) is 9.20. The Morgan fingerprint density at radius 3 is 2.87 bits per heavy atom. The fourth-order valence-electron chi connectivity index (χ4n) is 1.14. The Morgan fingerprint density at radius 1 is 1.40 bits per heavy atom. The van der Waals surface area contributed by atoms with Crippen LogP contribution in [0.3, 0.4) is 0 Å². The van der Waals surface area contributed by atoms with Crippen LogP contribution < -0.4 is 0 Å². The number of nitrogens with zero attached hydrogens (tertiary/aromatic N) is 2. The molecule has 0 aliphatic rings. The number of alkyl halides is 1. The summed E-state index contributed by atoms with van der Waals surface area (Å²) in [5.41, 5.74) is 0. The maximum absolute atomic E-state index is 6.06. The molecule has 0 amide bonds. The first-order chi connectivity index (χ1) is 7.27. The van der Waals surface area contributed by atoms with Gasteiger partial charge in [-0.05, 0) is 12.8 Å². The van der Waals surface area contributed by atoms with Crippen molar-refractivity contribution < 1.29 is 9.26 Å². The largest absolute Gasteiger partial charge is 0.372 e. The summed E-state index contributed by atoms with van der Waals surface area (Å²) in [7, 11) is 0. The summed E-state index contributed by atoms with van der Waals surface area (Å²) in [6.07, 6.45) is 2.84. The average Bonchev–Trinajstić information content (AvgIpc) is 2.67. The first kappa shape index (κ1) is 12.5. The Labute approximate surface area is 95.0 Å². The van der Waals surface area contributed by atoms with Crippen molar-refractivity contribution in [3.63, 3.8) is 0 Å². The second-order valence-corrected chi connectivity index (χ2v) is 3.88. The predicted octanol–water partition coefficient (Wildman–Crippen LogP) is 3.08. The highest BCUT2D eigenvalue weighted by atomic mass is 35.5. The van der Waals surface area contributed by atoms with Gasteiger partial charge < -0.3 is 9.26 Å². The molecule has 0 bridgehead atoms. The highest BCUT2D eigenvalue weighted by Gasteiger charge is 2.14. The standard InChI is InChI=1S/C10H17ClN2O2/c1-3-5-8(11)10-12-9(15-13-10)7-14-6-4-2/h8H,3-7H2,1-2H3. The molecule has 15 heavy (non-hydrogen) atoms. The molecular formula is C10H17ClN2O2. The van der Waals surface area contributed by atoms with Gasteiger partial charge in [-0.25, -0.2) is 0 Å². The van der Waals surface area contributed by atoms with E-state index in [1.807, 2.05) is 0 Å². The van der Waals surface area contributed by atoms with Gasteiger partial charge in [0.05, 0.1) is 5.38 Å². The molecule has 0 saturated carbocycles. The van der Waals surface area contributed by atoms with Gasteiger partial charge in [0, 0.05) is 6.61 Å². The summed E-state index contributed by atoms with van der Waals surface area (Å²) in [4.78, 5) is 4.17. The molecule has 0 N–H and O–H groups in total. The van der Waals surface area contributed by atoms with Crippen molar-refractivity contribution in [3.8, 4) is 0 Å². The van der Waals surface area contributed by atoms with Crippen LogP contribution in [0.2, 0.25) is 0 Å². The van der Waals surface area contributed by atoms with E-state index in [1.165, 1.54) is 0 Å². The smallest absolute Gasteiger partial charge is 0.252 e. The lowest BCUT2D eigenvalue weighted by Gasteiger charge is -1.99. The molecule has 0 aliphatic carbocycles. The Hall–Kier alpha value is -0.610. The molecule has 1 unspecified atom stereocenters. The van der Waals surface area contributed by atoms with Crippen LogP contribution >= 0.6 is 11.6 Å². The molecule has 0 spiro atoms. The minimum atomic E-state index is -0.154. The van der Waals surface area contributed by atoms with Crippen molar-refractivity contribution >= 4 is 11.6 Å². The van der Waals surface area contributed by atoms with E-state index >= 15 is 0 Å². The zero-order chi connectivity index (χ0) is 11.1. The van der Waals surface area contributed by atoms with E-state index in [-0.39, 0.29) is 5.38 Å². The molecular weight excluding hydrogens is 216 g/mol. The number of halogens is 1. The van der Waals surface area contributed by atoms with Gasteiger partial charge in [0.15, 0.2) is 5.82 Å². The topological polar surface area (TPSA) is 48.2 Å². The van der Waals surface area contributed by atoms with Crippen molar-refractivity contribution in [2.75, 3.05) is 6.61 Å². The van der Waals surface area contributed by atoms with Crippen molar-refractivity contribution in [1.29, 1.82) is 0 Å². The lowest BCUT2D eigenvalue weighted by atomic mass is 10.2. The van der Waals surface area contributed by atoms with Crippen molar-refractivity contribution in [1.82, 2.24) is 10.1 Å². The maximum atomic E-state index is 6.06. The third-order valence-electron chi connectivity index (χ3n) is 1.88. The van der Waals surface area contributed by atoms with Crippen LogP contribution in [-0.2, 0) is 11.3 Å². The van der Waals surface area contributed by atoms with Crippen LogP contribution in [0.25, 0.3) is 0 Å². The third-order valence-corrected chi connectivity index (χ3v) is 2.29. The fraction of sp³-hybridized carbons (Fsp3) is 0.800. The lowest BCUT2D eigenvalue weighted by Crippen LogP contribution is -1.96. The molecule has 0 radical (unpaired) electrons.